The molecule has 0 unspecified atom stereocenters. The average Bonchev–Trinajstić information content (AvgIpc) is 2.46. The minimum atomic E-state index is -3.46. The molecule has 2 rings (SSSR count). The van der Waals surface area contributed by atoms with Gasteiger partial charge in [0.25, 0.3) is 0 Å². The first-order valence-electron chi connectivity index (χ1n) is 6.30. The first kappa shape index (κ1) is 15.0. The van der Waals surface area contributed by atoms with Crippen LogP contribution in [0.3, 0.4) is 0 Å². The van der Waals surface area contributed by atoms with Crippen LogP contribution in [-0.4, -0.2) is 25.0 Å². The second kappa shape index (κ2) is 6.36. The molecule has 0 spiro atoms. The molecule has 0 saturated carbocycles. The Morgan fingerprint density at radius 3 is 2.62 bits per heavy atom. The van der Waals surface area contributed by atoms with E-state index in [1.807, 2.05) is 0 Å². The summed E-state index contributed by atoms with van der Waals surface area (Å²) >= 11 is 0. The summed E-state index contributed by atoms with van der Waals surface area (Å²) in [6, 6.07) is 10.0. The van der Waals surface area contributed by atoms with Gasteiger partial charge in [-0.3, -0.25) is 15.1 Å². The molecular weight excluding hydrogens is 288 g/mol. The number of sulfonamides is 1. The van der Waals surface area contributed by atoms with Crippen LogP contribution in [-0.2, 0) is 16.4 Å². The van der Waals surface area contributed by atoms with Crippen molar-refractivity contribution in [2.75, 3.05) is 10.5 Å². The number of rotatable bonds is 6. The number of nitrogens with one attached hydrogen (secondary N) is 2. The summed E-state index contributed by atoms with van der Waals surface area (Å²) in [7, 11) is -3.46. The van der Waals surface area contributed by atoms with Gasteiger partial charge in [-0.05, 0) is 36.2 Å². The third-order valence-electron chi connectivity index (χ3n) is 2.86. The Labute approximate surface area is 123 Å². The maximum absolute atomic E-state index is 12.0. The predicted octanol–water partition coefficient (Wildman–Crippen LogP) is 1.35. The number of aryl methyl sites for hydroxylation is 1. The number of aromatic nitrogens is 1. The molecule has 6 nitrogen and oxygen atoms in total. The molecule has 0 saturated heterocycles. The van der Waals surface area contributed by atoms with E-state index in [2.05, 4.69) is 9.71 Å². The van der Waals surface area contributed by atoms with Gasteiger partial charge < -0.3 is 5.73 Å². The van der Waals surface area contributed by atoms with Crippen LogP contribution in [0.5, 0.6) is 0 Å². The molecule has 0 bridgehead atoms. The maximum Gasteiger partial charge on any atom is 0.233 e. The summed E-state index contributed by atoms with van der Waals surface area (Å²) < 4.78 is 26.6. The van der Waals surface area contributed by atoms with Crippen molar-refractivity contribution >= 4 is 21.5 Å². The normalized spacial score (nSPS) is 11.0. The fourth-order valence-corrected chi connectivity index (χ4v) is 2.88. The number of nitrogens with two attached hydrogens (primary N) is 1. The number of amidine groups is 1. The van der Waals surface area contributed by atoms with Crippen molar-refractivity contribution in [3.05, 3.63) is 59.9 Å². The second-order valence-corrected chi connectivity index (χ2v) is 6.36. The van der Waals surface area contributed by atoms with Crippen molar-refractivity contribution in [2.24, 2.45) is 5.73 Å². The molecule has 0 aliphatic carbocycles. The lowest BCUT2D eigenvalue weighted by atomic mass is 10.2. The number of pyridine rings is 1. The zero-order valence-electron chi connectivity index (χ0n) is 11.3. The first-order chi connectivity index (χ1) is 9.96. The van der Waals surface area contributed by atoms with Crippen molar-refractivity contribution in [3.63, 3.8) is 0 Å². The van der Waals surface area contributed by atoms with E-state index in [0.29, 0.717) is 17.7 Å². The summed E-state index contributed by atoms with van der Waals surface area (Å²) in [5.41, 5.74) is 7.17. The molecule has 1 heterocycles. The monoisotopic (exact) mass is 304 g/mol. The van der Waals surface area contributed by atoms with Gasteiger partial charge in [-0.2, -0.15) is 0 Å². The molecule has 110 valence electrons. The Morgan fingerprint density at radius 1 is 1.24 bits per heavy atom. The van der Waals surface area contributed by atoms with E-state index in [9.17, 15) is 8.42 Å². The van der Waals surface area contributed by atoms with Crippen LogP contribution in [0.25, 0.3) is 0 Å². The van der Waals surface area contributed by atoms with Crippen LogP contribution < -0.4 is 10.5 Å². The lowest BCUT2D eigenvalue weighted by molar-refractivity contribution is 0.600. The topological polar surface area (TPSA) is 109 Å². The molecule has 2 aromatic rings. The van der Waals surface area contributed by atoms with Crippen molar-refractivity contribution in [2.45, 2.75) is 6.42 Å². The van der Waals surface area contributed by atoms with Crippen LogP contribution in [0.4, 0.5) is 5.69 Å². The molecular formula is C14H16N4O2S. The lowest BCUT2D eigenvalue weighted by Crippen LogP contribution is -2.19. The van der Waals surface area contributed by atoms with Gasteiger partial charge in [-0.15, -0.1) is 0 Å². The minimum absolute atomic E-state index is 0.0265. The van der Waals surface area contributed by atoms with E-state index in [1.54, 1.807) is 42.7 Å². The summed E-state index contributed by atoms with van der Waals surface area (Å²) in [5.74, 6) is -0.130. The van der Waals surface area contributed by atoms with Gasteiger partial charge in [0.15, 0.2) is 0 Å². The molecule has 1 aromatic heterocycles. The number of anilines is 1. The van der Waals surface area contributed by atoms with Gasteiger partial charge >= 0.3 is 0 Å². The molecule has 1 aromatic carbocycles. The molecule has 0 fully saturated rings. The van der Waals surface area contributed by atoms with Crippen molar-refractivity contribution < 1.29 is 8.42 Å². The van der Waals surface area contributed by atoms with E-state index in [-0.39, 0.29) is 11.6 Å². The summed E-state index contributed by atoms with van der Waals surface area (Å²) in [6.45, 7) is 0. The molecule has 0 amide bonds. The molecule has 4 N–H and O–H groups in total. The summed E-state index contributed by atoms with van der Waals surface area (Å²) in [4.78, 5) is 3.89. The first-order valence-corrected chi connectivity index (χ1v) is 7.95. The smallest absolute Gasteiger partial charge is 0.233 e. The lowest BCUT2D eigenvalue weighted by Gasteiger charge is -2.09. The third kappa shape index (κ3) is 4.57. The van der Waals surface area contributed by atoms with Crippen LogP contribution in [0.2, 0.25) is 0 Å². The van der Waals surface area contributed by atoms with Gasteiger partial charge in [0.2, 0.25) is 10.0 Å². The Kier molecular flexibility index (Phi) is 4.54. The highest BCUT2D eigenvalue weighted by Crippen LogP contribution is 2.13. The molecule has 7 heteroatoms. The molecule has 0 aliphatic rings. The van der Waals surface area contributed by atoms with Crippen molar-refractivity contribution in [1.82, 2.24) is 4.98 Å². The molecule has 0 aliphatic heterocycles. The van der Waals surface area contributed by atoms with E-state index in [4.69, 9.17) is 11.1 Å². The SMILES string of the molecule is N=C(N)c1cccc(NS(=O)(=O)CCc2ccncc2)c1. The molecule has 0 atom stereocenters. The third-order valence-corrected chi connectivity index (χ3v) is 4.14. The predicted molar refractivity (Wildman–Crippen MR) is 82.8 cm³/mol. The van der Waals surface area contributed by atoms with Gasteiger partial charge in [-0.1, -0.05) is 12.1 Å². The van der Waals surface area contributed by atoms with E-state index < -0.39 is 10.0 Å². The molecule has 0 radical (unpaired) electrons. The van der Waals surface area contributed by atoms with E-state index in [1.165, 1.54) is 6.07 Å². The van der Waals surface area contributed by atoms with Crippen molar-refractivity contribution in [3.8, 4) is 0 Å². The standard InChI is InChI=1S/C14H16N4O2S/c15-14(16)12-2-1-3-13(10-12)18-21(19,20)9-6-11-4-7-17-8-5-11/h1-5,7-8,10,18H,6,9H2,(H3,15,16). The second-order valence-electron chi connectivity index (χ2n) is 4.52. The number of benzene rings is 1. The fraction of sp³-hybridized carbons (Fsp3) is 0.143. The Morgan fingerprint density at radius 2 is 1.95 bits per heavy atom. The highest BCUT2D eigenvalue weighted by atomic mass is 32.2. The van der Waals surface area contributed by atoms with E-state index in [0.717, 1.165) is 5.56 Å². The van der Waals surface area contributed by atoms with Gasteiger partial charge in [0.1, 0.15) is 5.84 Å². The molecule has 21 heavy (non-hydrogen) atoms. The average molecular weight is 304 g/mol. The van der Waals surface area contributed by atoms with Gasteiger partial charge in [-0.25, -0.2) is 8.42 Å². The summed E-state index contributed by atoms with van der Waals surface area (Å²) in [6.07, 6.45) is 3.67. The minimum Gasteiger partial charge on any atom is -0.384 e. The van der Waals surface area contributed by atoms with Gasteiger partial charge in [0, 0.05) is 23.6 Å². The zero-order chi connectivity index (χ0) is 15.3. The Bertz CT molecular complexity index is 730. The fourth-order valence-electron chi connectivity index (χ4n) is 1.78. The van der Waals surface area contributed by atoms with Crippen LogP contribution in [0.1, 0.15) is 11.1 Å². The highest BCUT2D eigenvalue weighted by Gasteiger charge is 2.11. The highest BCUT2D eigenvalue weighted by molar-refractivity contribution is 7.92. The number of nitrogen functional groups attached to an aromatic ring is 1. The quantitative estimate of drug-likeness (QED) is 0.553. The number of nitrogens with zero attached hydrogens (tertiary/aromatic N) is 1. The van der Waals surface area contributed by atoms with Crippen LogP contribution >= 0.6 is 0 Å². The number of hydrogen-bond donors (Lipinski definition) is 3. The number of hydrogen-bond acceptors (Lipinski definition) is 4. The maximum atomic E-state index is 12.0. The Balaban J connectivity index is 2.04. The van der Waals surface area contributed by atoms with E-state index >= 15 is 0 Å². The Hall–Kier alpha value is -2.41. The van der Waals surface area contributed by atoms with Crippen LogP contribution in [0.15, 0.2) is 48.8 Å². The van der Waals surface area contributed by atoms with Crippen molar-refractivity contribution in [1.29, 1.82) is 5.41 Å². The summed E-state index contributed by atoms with van der Waals surface area (Å²) in [5, 5.41) is 7.35. The van der Waals surface area contributed by atoms with Crippen LogP contribution in [0, 0.1) is 5.41 Å². The van der Waals surface area contributed by atoms with Gasteiger partial charge in [0.05, 0.1) is 5.75 Å². The largest absolute Gasteiger partial charge is 0.384 e. The zero-order valence-corrected chi connectivity index (χ0v) is 12.1.